The van der Waals surface area contributed by atoms with Gasteiger partial charge in [-0.15, -0.1) is 0 Å². The molecule has 0 N–H and O–H groups in total. The Morgan fingerprint density at radius 3 is 3.00 bits per heavy atom. The first kappa shape index (κ1) is 10.4. The maximum absolute atomic E-state index is 11.7. The third-order valence-corrected chi connectivity index (χ3v) is 3.60. The van der Waals surface area contributed by atoms with E-state index in [1.807, 2.05) is 4.90 Å². The van der Waals surface area contributed by atoms with E-state index in [9.17, 15) is 4.79 Å². The third-order valence-electron chi connectivity index (χ3n) is 3.60. The standard InChI is InChI=1S/C14H15NO2/c1-9(16)15-7-6-12-10-4-3-5-11(8-10)14(17-2)13(12)15/h3-5H,6-8H2,1-2H3. The molecule has 1 amide bonds. The first-order chi connectivity index (χ1) is 8.22. The van der Waals surface area contributed by atoms with Crippen molar-refractivity contribution in [3.8, 4) is 0 Å². The molecule has 2 aliphatic carbocycles. The van der Waals surface area contributed by atoms with Crippen LogP contribution >= 0.6 is 0 Å². The van der Waals surface area contributed by atoms with Crippen molar-refractivity contribution in [1.29, 1.82) is 0 Å². The second-order valence-corrected chi connectivity index (χ2v) is 4.53. The lowest BCUT2D eigenvalue weighted by Crippen LogP contribution is -2.27. The molecular formula is C14H15NO2. The smallest absolute Gasteiger partial charge is 0.223 e. The van der Waals surface area contributed by atoms with Crippen LogP contribution in [0.2, 0.25) is 0 Å². The van der Waals surface area contributed by atoms with Crippen molar-refractivity contribution in [3.63, 3.8) is 0 Å². The molecule has 88 valence electrons. The van der Waals surface area contributed by atoms with Crippen molar-refractivity contribution in [2.45, 2.75) is 19.8 Å². The fourth-order valence-corrected chi connectivity index (χ4v) is 2.85. The molecule has 3 nitrogen and oxygen atoms in total. The number of allylic oxidation sites excluding steroid dienone is 5. The van der Waals surface area contributed by atoms with E-state index in [2.05, 4.69) is 18.2 Å². The Labute approximate surface area is 101 Å². The van der Waals surface area contributed by atoms with E-state index in [1.54, 1.807) is 14.0 Å². The molecule has 0 atom stereocenters. The first-order valence-corrected chi connectivity index (χ1v) is 5.88. The van der Waals surface area contributed by atoms with Crippen LogP contribution in [0.1, 0.15) is 19.8 Å². The Bertz CT molecular complexity index is 520. The number of amides is 1. The molecular weight excluding hydrogens is 214 g/mol. The van der Waals surface area contributed by atoms with E-state index >= 15 is 0 Å². The van der Waals surface area contributed by atoms with Gasteiger partial charge in [0.1, 0.15) is 5.76 Å². The number of carbonyl (C=O) groups excluding carboxylic acids is 1. The predicted octanol–water partition coefficient (Wildman–Crippen LogP) is 2.29. The van der Waals surface area contributed by atoms with Crippen LogP contribution in [0.25, 0.3) is 0 Å². The maximum atomic E-state index is 11.7. The second kappa shape index (κ2) is 3.62. The van der Waals surface area contributed by atoms with Gasteiger partial charge in [0.25, 0.3) is 0 Å². The Kier molecular flexibility index (Phi) is 2.21. The molecule has 0 spiro atoms. The van der Waals surface area contributed by atoms with Crippen molar-refractivity contribution in [1.82, 2.24) is 4.90 Å². The number of hydrogen-bond donors (Lipinski definition) is 0. The van der Waals surface area contributed by atoms with Gasteiger partial charge >= 0.3 is 0 Å². The minimum atomic E-state index is 0.0923. The summed E-state index contributed by atoms with van der Waals surface area (Å²) in [6, 6.07) is 0. The average molecular weight is 229 g/mol. The Balaban J connectivity index is 2.17. The van der Waals surface area contributed by atoms with Crippen LogP contribution in [0, 0.1) is 0 Å². The highest BCUT2D eigenvalue weighted by Crippen LogP contribution is 2.43. The third kappa shape index (κ3) is 1.38. The summed E-state index contributed by atoms with van der Waals surface area (Å²) in [5.74, 6) is 0.968. The van der Waals surface area contributed by atoms with Crippen molar-refractivity contribution < 1.29 is 9.53 Å². The maximum Gasteiger partial charge on any atom is 0.223 e. The molecule has 1 aliphatic heterocycles. The van der Waals surface area contributed by atoms with Crippen LogP contribution in [0.15, 0.2) is 46.4 Å². The van der Waals surface area contributed by atoms with Gasteiger partial charge in [-0.05, 0) is 17.6 Å². The fraction of sp³-hybridized carbons (Fsp3) is 0.357. The van der Waals surface area contributed by atoms with Crippen molar-refractivity contribution in [2.75, 3.05) is 13.7 Å². The summed E-state index contributed by atoms with van der Waals surface area (Å²) in [4.78, 5) is 13.5. The minimum Gasteiger partial charge on any atom is -0.494 e. The molecule has 2 bridgehead atoms. The predicted molar refractivity (Wildman–Crippen MR) is 64.9 cm³/mol. The normalized spacial score (nSPS) is 21.8. The Morgan fingerprint density at radius 1 is 1.47 bits per heavy atom. The Morgan fingerprint density at radius 2 is 2.29 bits per heavy atom. The zero-order chi connectivity index (χ0) is 12.0. The summed E-state index contributed by atoms with van der Waals surface area (Å²) in [6.07, 6.45) is 8.16. The van der Waals surface area contributed by atoms with Crippen molar-refractivity contribution in [2.24, 2.45) is 0 Å². The lowest BCUT2D eigenvalue weighted by atomic mass is 9.86. The summed E-state index contributed by atoms with van der Waals surface area (Å²) in [7, 11) is 1.68. The zero-order valence-electron chi connectivity index (χ0n) is 10.1. The summed E-state index contributed by atoms with van der Waals surface area (Å²) < 4.78 is 5.52. The molecule has 0 fully saturated rings. The van der Waals surface area contributed by atoms with Gasteiger partial charge in [0.15, 0.2) is 0 Å². The zero-order valence-corrected chi connectivity index (χ0v) is 10.1. The van der Waals surface area contributed by atoms with Crippen LogP contribution in [0.3, 0.4) is 0 Å². The molecule has 0 aromatic rings. The van der Waals surface area contributed by atoms with Crippen molar-refractivity contribution >= 4 is 5.91 Å². The van der Waals surface area contributed by atoms with E-state index in [0.717, 1.165) is 30.8 Å². The van der Waals surface area contributed by atoms with Gasteiger partial charge in [-0.3, -0.25) is 4.79 Å². The molecule has 3 aliphatic rings. The van der Waals surface area contributed by atoms with Gasteiger partial charge in [-0.1, -0.05) is 18.2 Å². The minimum absolute atomic E-state index is 0.0923. The molecule has 0 unspecified atom stereocenters. The molecule has 0 aromatic carbocycles. The topological polar surface area (TPSA) is 29.5 Å². The average Bonchev–Trinajstić information content (AvgIpc) is 2.75. The number of carbonyl (C=O) groups is 1. The molecule has 0 saturated carbocycles. The number of fused-ring (bicyclic) bond motifs is 3. The summed E-state index contributed by atoms with van der Waals surface area (Å²) in [5, 5.41) is 0. The molecule has 0 aromatic heterocycles. The molecule has 3 rings (SSSR count). The number of methoxy groups -OCH3 is 1. The molecule has 3 heteroatoms. The second-order valence-electron chi connectivity index (χ2n) is 4.53. The van der Waals surface area contributed by atoms with Gasteiger partial charge < -0.3 is 9.64 Å². The highest BCUT2D eigenvalue weighted by molar-refractivity contribution is 5.79. The fourth-order valence-electron chi connectivity index (χ4n) is 2.85. The van der Waals surface area contributed by atoms with Crippen molar-refractivity contribution in [3.05, 3.63) is 46.4 Å². The number of ether oxygens (including phenoxy) is 1. The first-order valence-electron chi connectivity index (χ1n) is 5.88. The SMILES string of the molecule is COC1=C2C=CC=C(C2)C2=C1N(C(C)=O)CC2. The molecule has 1 heterocycles. The summed E-state index contributed by atoms with van der Waals surface area (Å²) in [5.41, 5.74) is 4.79. The van der Waals surface area contributed by atoms with Crippen LogP contribution in [0.5, 0.6) is 0 Å². The largest absolute Gasteiger partial charge is 0.494 e. The lowest BCUT2D eigenvalue weighted by Gasteiger charge is -2.27. The van der Waals surface area contributed by atoms with E-state index in [1.165, 1.54) is 16.7 Å². The number of hydrogen-bond acceptors (Lipinski definition) is 2. The quantitative estimate of drug-likeness (QED) is 0.690. The number of rotatable bonds is 1. The highest BCUT2D eigenvalue weighted by Gasteiger charge is 2.35. The van der Waals surface area contributed by atoms with Gasteiger partial charge in [0.05, 0.1) is 12.8 Å². The molecule has 17 heavy (non-hydrogen) atoms. The van der Waals surface area contributed by atoms with E-state index in [0.29, 0.717) is 0 Å². The van der Waals surface area contributed by atoms with Crippen LogP contribution in [-0.2, 0) is 9.53 Å². The monoisotopic (exact) mass is 229 g/mol. The summed E-state index contributed by atoms with van der Waals surface area (Å²) >= 11 is 0. The van der Waals surface area contributed by atoms with E-state index in [4.69, 9.17) is 4.74 Å². The van der Waals surface area contributed by atoms with Crippen LogP contribution in [0.4, 0.5) is 0 Å². The van der Waals surface area contributed by atoms with E-state index < -0.39 is 0 Å². The molecule has 0 saturated heterocycles. The Hall–Kier alpha value is -1.77. The summed E-state index contributed by atoms with van der Waals surface area (Å²) in [6.45, 7) is 2.39. The van der Waals surface area contributed by atoms with Gasteiger partial charge in [-0.25, -0.2) is 0 Å². The van der Waals surface area contributed by atoms with Crippen LogP contribution < -0.4 is 0 Å². The lowest BCUT2D eigenvalue weighted by molar-refractivity contribution is -0.126. The molecule has 0 radical (unpaired) electrons. The van der Waals surface area contributed by atoms with Gasteiger partial charge in [-0.2, -0.15) is 0 Å². The number of nitrogens with zero attached hydrogens (tertiary/aromatic N) is 1. The van der Waals surface area contributed by atoms with Gasteiger partial charge in [0, 0.05) is 25.5 Å². The van der Waals surface area contributed by atoms with E-state index in [-0.39, 0.29) is 5.91 Å². The van der Waals surface area contributed by atoms with Crippen LogP contribution in [-0.4, -0.2) is 24.5 Å². The van der Waals surface area contributed by atoms with Gasteiger partial charge in [0.2, 0.25) is 5.91 Å². The highest BCUT2D eigenvalue weighted by atomic mass is 16.5.